The Hall–Kier alpha value is -2.56. The molecule has 0 radical (unpaired) electrons. The van der Waals surface area contributed by atoms with E-state index < -0.39 is 0 Å². The largest absolute Gasteiger partial charge is 0.455 e. The fourth-order valence-corrected chi connectivity index (χ4v) is 2.86. The Balaban J connectivity index is 1.95. The van der Waals surface area contributed by atoms with Crippen molar-refractivity contribution in [2.24, 2.45) is 0 Å². The van der Waals surface area contributed by atoms with Crippen LogP contribution in [-0.4, -0.2) is 11.3 Å². The van der Waals surface area contributed by atoms with Crippen LogP contribution in [0.1, 0.15) is 21.5 Å². The normalized spacial score (nSPS) is 10.5. The minimum absolute atomic E-state index is 0.267. The van der Waals surface area contributed by atoms with Gasteiger partial charge in [0, 0.05) is 10.0 Å². The lowest BCUT2D eigenvalue weighted by atomic mass is 10.2. The van der Waals surface area contributed by atoms with Crippen molar-refractivity contribution in [3.05, 3.63) is 75.5 Å². The van der Waals surface area contributed by atoms with E-state index in [1.165, 1.54) is 12.4 Å². The molecule has 0 aliphatic heterocycles. The summed E-state index contributed by atoms with van der Waals surface area (Å²) < 4.78 is 11.7. The number of pyridine rings is 1. The highest BCUT2D eigenvalue weighted by Crippen LogP contribution is 2.35. The molecule has 0 unspecified atom stereocenters. The highest BCUT2D eigenvalue weighted by atomic mass is 35.5. The zero-order chi connectivity index (χ0) is 18.7. The molecular weight excluding hydrogens is 373 g/mol. The van der Waals surface area contributed by atoms with Crippen molar-refractivity contribution >= 4 is 29.5 Å². The van der Waals surface area contributed by atoms with Crippen LogP contribution in [0, 0.1) is 13.8 Å². The molecule has 2 aromatic carbocycles. The monoisotopic (exact) mass is 387 g/mol. The number of aldehydes is 1. The predicted octanol–water partition coefficient (Wildman–Crippen LogP) is 6.40. The van der Waals surface area contributed by atoms with Gasteiger partial charge >= 0.3 is 0 Å². The van der Waals surface area contributed by atoms with E-state index in [9.17, 15) is 4.79 Å². The second-order valence-electron chi connectivity index (χ2n) is 5.69. The van der Waals surface area contributed by atoms with Crippen LogP contribution < -0.4 is 9.47 Å². The van der Waals surface area contributed by atoms with Crippen LogP contribution in [0.5, 0.6) is 23.0 Å². The van der Waals surface area contributed by atoms with Gasteiger partial charge in [-0.1, -0.05) is 23.2 Å². The van der Waals surface area contributed by atoms with Crippen LogP contribution in [0.15, 0.2) is 48.8 Å². The third kappa shape index (κ3) is 3.98. The molecule has 0 saturated carbocycles. The van der Waals surface area contributed by atoms with Gasteiger partial charge in [0.25, 0.3) is 0 Å². The first-order valence-corrected chi connectivity index (χ1v) is 8.54. The van der Waals surface area contributed by atoms with Crippen molar-refractivity contribution in [2.45, 2.75) is 13.8 Å². The smallest absolute Gasteiger partial charge is 0.160 e. The van der Waals surface area contributed by atoms with Gasteiger partial charge in [-0.25, -0.2) is 0 Å². The minimum atomic E-state index is 0.267. The summed E-state index contributed by atoms with van der Waals surface area (Å²) >= 11 is 11.9. The standard InChI is InChI=1S/C20H15Cl2NO3/c1-12-7-14(21)3-5-17(12)25-19-9-23-10-20(16(19)11-24)26-18-6-4-15(22)8-13(18)2/h3-11H,1-2H3. The molecule has 1 heterocycles. The summed E-state index contributed by atoms with van der Waals surface area (Å²) in [4.78, 5) is 15.8. The Morgan fingerprint density at radius 1 is 0.808 bits per heavy atom. The number of carbonyl (C=O) groups is 1. The molecule has 1 aromatic heterocycles. The fraction of sp³-hybridized carbons (Fsp3) is 0.100. The maximum atomic E-state index is 11.7. The second kappa shape index (κ2) is 7.77. The third-order valence-corrected chi connectivity index (χ3v) is 4.22. The van der Waals surface area contributed by atoms with Gasteiger partial charge < -0.3 is 9.47 Å². The molecule has 0 spiro atoms. The average molecular weight is 388 g/mol. The maximum absolute atomic E-state index is 11.7. The first-order chi connectivity index (χ1) is 12.5. The van der Waals surface area contributed by atoms with E-state index in [0.29, 0.717) is 39.3 Å². The van der Waals surface area contributed by atoms with Gasteiger partial charge in [0.2, 0.25) is 0 Å². The quantitative estimate of drug-likeness (QED) is 0.475. The van der Waals surface area contributed by atoms with Gasteiger partial charge in [0.15, 0.2) is 17.8 Å². The van der Waals surface area contributed by atoms with E-state index >= 15 is 0 Å². The van der Waals surface area contributed by atoms with Crippen LogP contribution >= 0.6 is 23.2 Å². The molecule has 0 fully saturated rings. The van der Waals surface area contributed by atoms with E-state index in [1.807, 2.05) is 13.8 Å². The summed E-state index contributed by atoms with van der Waals surface area (Å²) in [6, 6.07) is 10.5. The molecule has 132 valence electrons. The SMILES string of the molecule is Cc1cc(Cl)ccc1Oc1cncc(Oc2ccc(Cl)cc2C)c1C=O. The Morgan fingerprint density at radius 3 is 1.65 bits per heavy atom. The molecule has 6 heteroatoms. The number of aromatic nitrogens is 1. The molecule has 0 aliphatic carbocycles. The number of carbonyl (C=O) groups excluding carboxylic acids is 1. The van der Waals surface area contributed by atoms with E-state index in [4.69, 9.17) is 32.7 Å². The van der Waals surface area contributed by atoms with E-state index in [2.05, 4.69) is 4.98 Å². The Bertz CT molecular complexity index is 902. The number of hydrogen-bond donors (Lipinski definition) is 0. The first kappa shape index (κ1) is 18.2. The summed E-state index contributed by atoms with van der Waals surface area (Å²) in [5.74, 6) is 1.77. The maximum Gasteiger partial charge on any atom is 0.160 e. The molecule has 0 atom stereocenters. The van der Waals surface area contributed by atoms with E-state index in [-0.39, 0.29) is 5.56 Å². The molecule has 0 N–H and O–H groups in total. The summed E-state index contributed by atoms with van der Waals surface area (Å²) in [5.41, 5.74) is 1.95. The lowest BCUT2D eigenvalue weighted by molar-refractivity contribution is 0.111. The van der Waals surface area contributed by atoms with Crippen molar-refractivity contribution in [2.75, 3.05) is 0 Å². The molecule has 0 bridgehead atoms. The topological polar surface area (TPSA) is 48.4 Å². The highest BCUT2D eigenvalue weighted by molar-refractivity contribution is 6.31. The molecule has 0 amide bonds. The molecule has 26 heavy (non-hydrogen) atoms. The lowest BCUT2D eigenvalue weighted by Crippen LogP contribution is -1.98. The minimum Gasteiger partial charge on any atom is -0.455 e. The van der Waals surface area contributed by atoms with Crippen molar-refractivity contribution < 1.29 is 14.3 Å². The number of halogens is 2. The summed E-state index contributed by atoms with van der Waals surface area (Å²) in [6.45, 7) is 3.74. The molecular formula is C20H15Cl2NO3. The molecule has 0 saturated heterocycles. The zero-order valence-corrected chi connectivity index (χ0v) is 15.6. The van der Waals surface area contributed by atoms with E-state index in [1.54, 1.807) is 36.4 Å². The van der Waals surface area contributed by atoms with Crippen LogP contribution in [0.4, 0.5) is 0 Å². The first-order valence-electron chi connectivity index (χ1n) is 7.79. The molecule has 3 aromatic rings. The summed E-state index contributed by atoms with van der Waals surface area (Å²) in [6.07, 6.45) is 3.63. The summed E-state index contributed by atoms with van der Waals surface area (Å²) in [7, 11) is 0. The van der Waals surface area contributed by atoms with Crippen LogP contribution in [-0.2, 0) is 0 Å². The zero-order valence-electron chi connectivity index (χ0n) is 14.1. The number of aryl methyl sites for hydroxylation is 2. The lowest BCUT2D eigenvalue weighted by Gasteiger charge is -2.14. The van der Waals surface area contributed by atoms with E-state index in [0.717, 1.165) is 11.1 Å². The van der Waals surface area contributed by atoms with Crippen LogP contribution in [0.25, 0.3) is 0 Å². The Labute approximate surface area is 161 Å². The Kier molecular flexibility index (Phi) is 5.45. The van der Waals surface area contributed by atoms with Crippen molar-refractivity contribution in [3.8, 4) is 23.0 Å². The van der Waals surface area contributed by atoms with Crippen molar-refractivity contribution in [1.29, 1.82) is 0 Å². The van der Waals surface area contributed by atoms with Crippen molar-refractivity contribution in [3.63, 3.8) is 0 Å². The van der Waals surface area contributed by atoms with Gasteiger partial charge in [-0.05, 0) is 61.4 Å². The highest BCUT2D eigenvalue weighted by Gasteiger charge is 2.15. The predicted molar refractivity (Wildman–Crippen MR) is 102 cm³/mol. The number of nitrogens with zero attached hydrogens (tertiary/aromatic N) is 1. The number of ether oxygens (including phenoxy) is 2. The number of rotatable bonds is 5. The van der Waals surface area contributed by atoms with Gasteiger partial charge in [-0.15, -0.1) is 0 Å². The molecule has 4 nitrogen and oxygen atoms in total. The second-order valence-corrected chi connectivity index (χ2v) is 6.56. The Morgan fingerprint density at radius 2 is 1.27 bits per heavy atom. The van der Waals surface area contributed by atoms with Gasteiger partial charge in [0.1, 0.15) is 17.1 Å². The van der Waals surface area contributed by atoms with Crippen molar-refractivity contribution in [1.82, 2.24) is 4.98 Å². The average Bonchev–Trinajstić information content (AvgIpc) is 2.60. The third-order valence-electron chi connectivity index (χ3n) is 3.75. The van der Waals surface area contributed by atoms with Gasteiger partial charge in [-0.3, -0.25) is 9.78 Å². The molecule has 0 aliphatic rings. The van der Waals surface area contributed by atoms with Gasteiger partial charge in [0.05, 0.1) is 12.4 Å². The number of hydrogen-bond acceptors (Lipinski definition) is 4. The fourth-order valence-electron chi connectivity index (χ4n) is 2.40. The number of benzene rings is 2. The molecule has 3 rings (SSSR count). The van der Waals surface area contributed by atoms with Crippen LogP contribution in [0.2, 0.25) is 10.0 Å². The van der Waals surface area contributed by atoms with Crippen LogP contribution in [0.3, 0.4) is 0 Å². The summed E-state index contributed by atoms with van der Waals surface area (Å²) in [5, 5.41) is 1.22. The van der Waals surface area contributed by atoms with Gasteiger partial charge in [-0.2, -0.15) is 0 Å².